The molecule has 0 aliphatic carbocycles. The molecule has 0 bridgehead atoms. The highest BCUT2D eigenvalue weighted by atomic mass is 32.2. The van der Waals surface area contributed by atoms with E-state index in [-0.39, 0.29) is 5.91 Å². The standard InChI is InChI=1S/C25H30N4O2S/c1-18-8-9-20(19(2)14-18)15-28(3)24(30)17-32-25-21-6-4-5-7-22(21)26-23(27-25)16-29-10-12-31-13-11-29/h4-9,14H,10-13,15-17H2,1-3H3. The van der Waals surface area contributed by atoms with Crippen LogP contribution in [0.25, 0.3) is 10.9 Å². The molecule has 1 saturated heterocycles. The SMILES string of the molecule is Cc1ccc(CN(C)C(=O)CSc2nc(CN3CCOCC3)nc3ccccc23)c(C)c1. The van der Waals surface area contributed by atoms with E-state index in [0.717, 1.165) is 48.1 Å². The van der Waals surface area contributed by atoms with Crippen molar-refractivity contribution < 1.29 is 9.53 Å². The minimum absolute atomic E-state index is 0.0902. The van der Waals surface area contributed by atoms with Crippen LogP contribution >= 0.6 is 11.8 Å². The van der Waals surface area contributed by atoms with Crippen molar-refractivity contribution in [1.29, 1.82) is 0 Å². The van der Waals surface area contributed by atoms with Crippen molar-refractivity contribution in [2.75, 3.05) is 39.1 Å². The molecule has 0 saturated carbocycles. The van der Waals surface area contributed by atoms with Gasteiger partial charge in [-0.15, -0.1) is 0 Å². The second kappa shape index (κ2) is 10.4. The lowest BCUT2D eigenvalue weighted by Gasteiger charge is -2.26. The van der Waals surface area contributed by atoms with Crippen LogP contribution in [-0.2, 0) is 22.6 Å². The quantitative estimate of drug-likeness (QED) is 0.403. The average molecular weight is 451 g/mol. The third-order valence-electron chi connectivity index (χ3n) is 5.75. The third-order valence-corrected chi connectivity index (χ3v) is 6.72. The number of ether oxygens (including phenoxy) is 1. The monoisotopic (exact) mass is 450 g/mol. The van der Waals surface area contributed by atoms with Gasteiger partial charge in [-0.1, -0.05) is 53.7 Å². The minimum atomic E-state index is 0.0902. The molecule has 2 heterocycles. The maximum Gasteiger partial charge on any atom is 0.233 e. The summed E-state index contributed by atoms with van der Waals surface area (Å²) in [6, 6.07) is 14.4. The summed E-state index contributed by atoms with van der Waals surface area (Å²) in [5, 5.41) is 1.86. The van der Waals surface area contributed by atoms with Gasteiger partial charge < -0.3 is 9.64 Å². The average Bonchev–Trinajstić information content (AvgIpc) is 2.79. The Labute approximate surface area is 194 Å². The van der Waals surface area contributed by atoms with Crippen molar-refractivity contribution in [3.8, 4) is 0 Å². The molecule has 4 rings (SSSR count). The lowest BCUT2D eigenvalue weighted by molar-refractivity contribution is -0.127. The van der Waals surface area contributed by atoms with Crippen molar-refractivity contribution >= 4 is 28.6 Å². The number of para-hydroxylation sites is 1. The fraction of sp³-hybridized carbons (Fsp3) is 0.400. The van der Waals surface area contributed by atoms with Gasteiger partial charge in [0.2, 0.25) is 5.91 Å². The van der Waals surface area contributed by atoms with Gasteiger partial charge in [-0.2, -0.15) is 0 Å². The van der Waals surface area contributed by atoms with Crippen LogP contribution in [0.5, 0.6) is 0 Å². The van der Waals surface area contributed by atoms with Crippen LogP contribution in [0.2, 0.25) is 0 Å². The van der Waals surface area contributed by atoms with Gasteiger partial charge in [0.15, 0.2) is 0 Å². The number of hydrogen-bond acceptors (Lipinski definition) is 6. The van der Waals surface area contributed by atoms with Crippen molar-refractivity contribution in [3.05, 3.63) is 65.0 Å². The number of aromatic nitrogens is 2. The van der Waals surface area contributed by atoms with Gasteiger partial charge in [0, 0.05) is 32.1 Å². The maximum absolute atomic E-state index is 12.9. The predicted octanol–water partition coefficient (Wildman–Crippen LogP) is 3.83. The van der Waals surface area contributed by atoms with Crippen LogP contribution in [0.1, 0.15) is 22.5 Å². The molecule has 2 aromatic carbocycles. The first kappa shape index (κ1) is 22.7. The molecule has 168 valence electrons. The predicted molar refractivity (Wildman–Crippen MR) is 129 cm³/mol. The summed E-state index contributed by atoms with van der Waals surface area (Å²) in [5.41, 5.74) is 4.55. The summed E-state index contributed by atoms with van der Waals surface area (Å²) < 4.78 is 5.45. The lowest BCUT2D eigenvalue weighted by Crippen LogP contribution is -2.36. The molecule has 0 spiro atoms. The summed E-state index contributed by atoms with van der Waals surface area (Å²) in [5.74, 6) is 1.23. The maximum atomic E-state index is 12.9. The van der Waals surface area contributed by atoms with Crippen molar-refractivity contribution in [3.63, 3.8) is 0 Å². The van der Waals surface area contributed by atoms with Crippen LogP contribution in [0.15, 0.2) is 47.5 Å². The zero-order chi connectivity index (χ0) is 22.5. The number of carbonyl (C=O) groups is 1. The molecule has 3 aromatic rings. The third kappa shape index (κ3) is 5.65. The highest BCUT2D eigenvalue weighted by Gasteiger charge is 2.17. The molecule has 1 amide bonds. The first-order valence-electron chi connectivity index (χ1n) is 11.0. The van der Waals surface area contributed by atoms with Gasteiger partial charge in [-0.3, -0.25) is 9.69 Å². The second-order valence-corrected chi connectivity index (χ2v) is 9.28. The number of amides is 1. The number of nitrogens with zero attached hydrogens (tertiary/aromatic N) is 4. The molecule has 0 radical (unpaired) electrons. The van der Waals surface area contributed by atoms with Gasteiger partial charge in [0.1, 0.15) is 10.9 Å². The first-order valence-corrected chi connectivity index (χ1v) is 12.0. The van der Waals surface area contributed by atoms with Crippen LogP contribution in [0.3, 0.4) is 0 Å². The Morgan fingerprint density at radius 3 is 2.69 bits per heavy atom. The largest absolute Gasteiger partial charge is 0.379 e. The Bertz CT molecular complexity index is 1100. The zero-order valence-corrected chi connectivity index (χ0v) is 19.8. The smallest absolute Gasteiger partial charge is 0.233 e. The number of aryl methyl sites for hydroxylation is 2. The Balaban J connectivity index is 1.45. The Morgan fingerprint density at radius 1 is 1.12 bits per heavy atom. The highest BCUT2D eigenvalue weighted by molar-refractivity contribution is 8.00. The fourth-order valence-electron chi connectivity index (χ4n) is 3.84. The van der Waals surface area contributed by atoms with E-state index in [4.69, 9.17) is 14.7 Å². The summed E-state index contributed by atoms with van der Waals surface area (Å²) in [7, 11) is 1.87. The fourth-order valence-corrected chi connectivity index (χ4v) is 4.82. The molecule has 1 aliphatic heterocycles. The van der Waals surface area contributed by atoms with E-state index >= 15 is 0 Å². The number of carbonyl (C=O) groups excluding carboxylic acids is 1. The van der Waals surface area contributed by atoms with Gasteiger partial charge in [-0.25, -0.2) is 9.97 Å². The Kier molecular flexibility index (Phi) is 7.40. The number of fused-ring (bicyclic) bond motifs is 1. The van der Waals surface area contributed by atoms with Crippen molar-refractivity contribution in [1.82, 2.24) is 19.8 Å². The van der Waals surface area contributed by atoms with Crippen molar-refractivity contribution in [2.45, 2.75) is 32.0 Å². The van der Waals surface area contributed by atoms with Crippen LogP contribution in [-0.4, -0.2) is 64.8 Å². The number of hydrogen-bond donors (Lipinski definition) is 0. The molecule has 6 nitrogen and oxygen atoms in total. The zero-order valence-electron chi connectivity index (χ0n) is 19.0. The summed E-state index contributed by atoms with van der Waals surface area (Å²) in [6.45, 7) is 8.76. The Morgan fingerprint density at radius 2 is 1.91 bits per heavy atom. The number of morpholine rings is 1. The van der Waals surface area contributed by atoms with Gasteiger partial charge >= 0.3 is 0 Å². The van der Waals surface area contributed by atoms with E-state index in [1.807, 2.05) is 31.3 Å². The number of thioether (sulfide) groups is 1. The first-order chi connectivity index (χ1) is 15.5. The molecule has 0 N–H and O–H groups in total. The van der Waals surface area contributed by atoms with E-state index in [1.54, 1.807) is 4.90 Å². The van der Waals surface area contributed by atoms with Crippen LogP contribution in [0.4, 0.5) is 0 Å². The van der Waals surface area contributed by atoms with Gasteiger partial charge in [-0.05, 0) is 31.0 Å². The van der Waals surface area contributed by atoms with E-state index in [2.05, 4.69) is 36.9 Å². The summed E-state index contributed by atoms with van der Waals surface area (Å²) in [6.07, 6.45) is 0. The molecule has 0 unspecified atom stereocenters. The topological polar surface area (TPSA) is 58.6 Å². The molecule has 0 atom stereocenters. The van der Waals surface area contributed by atoms with Crippen LogP contribution in [0, 0.1) is 13.8 Å². The minimum Gasteiger partial charge on any atom is -0.379 e. The number of benzene rings is 2. The summed E-state index contributed by atoms with van der Waals surface area (Å²) >= 11 is 1.49. The van der Waals surface area contributed by atoms with E-state index in [1.165, 1.54) is 28.5 Å². The van der Waals surface area contributed by atoms with Crippen molar-refractivity contribution in [2.24, 2.45) is 0 Å². The molecule has 7 heteroatoms. The molecule has 1 aromatic heterocycles. The normalized spacial score (nSPS) is 14.6. The van der Waals surface area contributed by atoms with E-state index in [0.29, 0.717) is 18.8 Å². The van der Waals surface area contributed by atoms with E-state index < -0.39 is 0 Å². The lowest BCUT2D eigenvalue weighted by atomic mass is 10.1. The molecular weight excluding hydrogens is 420 g/mol. The van der Waals surface area contributed by atoms with Crippen LogP contribution < -0.4 is 0 Å². The molecule has 32 heavy (non-hydrogen) atoms. The second-order valence-electron chi connectivity index (χ2n) is 8.32. The molecule has 1 fully saturated rings. The molecule has 1 aliphatic rings. The van der Waals surface area contributed by atoms with Gasteiger partial charge in [0.25, 0.3) is 0 Å². The highest BCUT2D eigenvalue weighted by Crippen LogP contribution is 2.26. The summed E-state index contributed by atoms with van der Waals surface area (Å²) in [4.78, 5) is 26.6. The van der Waals surface area contributed by atoms with Gasteiger partial charge in [0.05, 0.1) is 31.0 Å². The Hall–Kier alpha value is -2.48. The van der Waals surface area contributed by atoms with E-state index in [9.17, 15) is 4.79 Å². The number of rotatable bonds is 7. The molecular formula is C25H30N4O2S.